The van der Waals surface area contributed by atoms with Crippen molar-refractivity contribution >= 4 is 5.95 Å². The van der Waals surface area contributed by atoms with Crippen LogP contribution in [-0.2, 0) is 0 Å². The summed E-state index contributed by atoms with van der Waals surface area (Å²) in [6.07, 6.45) is 1.12. The molecule has 1 fully saturated rings. The Morgan fingerprint density at radius 3 is 2.59 bits per heavy atom. The molecule has 3 rings (SSSR count). The molecule has 0 saturated carbocycles. The van der Waals surface area contributed by atoms with Gasteiger partial charge in [0, 0.05) is 23.8 Å². The van der Waals surface area contributed by atoms with Crippen molar-refractivity contribution in [2.45, 2.75) is 39.2 Å². The first-order valence-corrected chi connectivity index (χ1v) is 8.05. The lowest BCUT2D eigenvalue weighted by Crippen LogP contribution is -2.23. The number of hydrogen-bond acceptors (Lipinski definition) is 4. The van der Waals surface area contributed by atoms with Crippen LogP contribution in [0.2, 0.25) is 0 Å². The van der Waals surface area contributed by atoms with Crippen molar-refractivity contribution in [3.8, 4) is 11.3 Å². The highest BCUT2D eigenvalue weighted by Crippen LogP contribution is 2.23. The van der Waals surface area contributed by atoms with Crippen LogP contribution in [0, 0.1) is 6.92 Å². The molecule has 0 bridgehead atoms. The van der Waals surface area contributed by atoms with Crippen molar-refractivity contribution < 1.29 is 0 Å². The molecule has 22 heavy (non-hydrogen) atoms. The molecule has 116 valence electrons. The van der Waals surface area contributed by atoms with Gasteiger partial charge < -0.3 is 10.6 Å². The maximum atomic E-state index is 4.69. The summed E-state index contributed by atoms with van der Waals surface area (Å²) in [5, 5.41) is 6.79. The third-order valence-electron chi connectivity index (χ3n) is 4.12. The first-order valence-electron chi connectivity index (χ1n) is 8.05. The predicted octanol–water partition coefficient (Wildman–Crippen LogP) is 3.35. The van der Waals surface area contributed by atoms with Crippen LogP contribution in [0.25, 0.3) is 11.3 Å². The quantitative estimate of drug-likeness (QED) is 0.908. The summed E-state index contributed by atoms with van der Waals surface area (Å²) in [6, 6.07) is 11.1. The van der Waals surface area contributed by atoms with E-state index in [2.05, 4.69) is 53.7 Å². The maximum Gasteiger partial charge on any atom is 0.223 e. The molecule has 1 atom stereocenters. The SMILES string of the molecule is Cc1cc(-c2ccc(C(C)C)cc2)nc(NC2CCNC2)n1. The number of hydrogen-bond donors (Lipinski definition) is 2. The molecule has 1 aliphatic heterocycles. The topological polar surface area (TPSA) is 49.8 Å². The van der Waals surface area contributed by atoms with Crippen LogP contribution in [0.5, 0.6) is 0 Å². The molecule has 1 aromatic heterocycles. The molecule has 2 aromatic rings. The molecule has 0 amide bonds. The lowest BCUT2D eigenvalue weighted by Gasteiger charge is -2.13. The van der Waals surface area contributed by atoms with E-state index in [0.717, 1.165) is 42.4 Å². The molecule has 2 N–H and O–H groups in total. The number of rotatable bonds is 4. The van der Waals surface area contributed by atoms with Gasteiger partial charge in [-0.25, -0.2) is 9.97 Å². The second-order valence-corrected chi connectivity index (χ2v) is 6.33. The summed E-state index contributed by atoms with van der Waals surface area (Å²) in [6.45, 7) is 8.48. The fraction of sp³-hybridized carbons (Fsp3) is 0.444. The van der Waals surface area contributed by atoms with Gasteiger partial charge in [-0.1, -0.05) is 38.1 Å². The van der Waals surface area contributed by atoms with E-state index >= 15 is 0 Å². The van der Waals surface area contributed by atoms with Crippen molar-refractivity contribution in [2.24, 2.45) is 0 Å². The molecule has 0 aliphatic carbocycles. The van der Waals surface area contributed by atoms with Gasteiger partial charge in [-0.2, -0.15) is 0 Å². The smallest absolute Gasteiger partial charge is 0.223 e. The molecule has 1 aromatic carbocycles. The Kier molecular flexibility index (Phi) is 4.39. The standard InChI is InChI=1S/C18H24N4/c1-12(2)14-4-6-15(7-5-14)17-10-13(3)20-18(22-17)21-16-8-9-19-11-16/h4-7,10,12,16,19H,8-9,11H2,1-3H3,(H,20,21,22). The molecular formula is C18H24N4. The summed E-state index contributed by atoms with van der Waals surface area (Å²) in [4.78, 5) is 9.21. The molecule has 4 nitrogen and oxygen atoms in total. The zero-order valence-electron chi connectivity index (χ0n) is 13.6. The molecule has 0 spiro atoms. The Bertz CT molecular complexity index is 628. The Morgan fingerprint density at radius 1 is 1.18 bits per heavy atom. The minimum Gasteiger partial charge on any atom is -0.350 e. The fourth-order valence-electron chi connectivity index (χ4n) is 2.78. The monoisotopic (exact) mass is 296 g/mol. The molecule has 2 heterocycles. The normalized spacial score (nSPS) is 17.9. The van der Waals surface area contributed by atoms with Crippen molar-refractivity contribution in [3.63, 3.8) is 0 Å². The molecule has 1 saturated heterocycles. The van der Waals surface area contributed by atoms with Gasteiger partial charge in [0.2, 0.25) is 5.95 Å². The molecular weight excluding hydrogens is 272 g/mol. The van der Waals surface area contributed by atoms with E-state index < -0.39 is 0 Å². The zero-order chi connectivity index (χ0) is 15.5. The van der Waals surface area contributed by atoms with Gasteiger partial charge >= 0.3 is 0 Å². The summed E-state index contributed by atoms with van der Waals surface area (Å²) in [5.41, 5.74) is 4.47. The Morgan fingerprint density at radius 2 is 1.95 bits per heavy atom. The minimum absolute atomic E-state index is 0.429. The predicted molar refractivity (Wildman–Crippen MR) is 91.2 cm³/mol. The van der Waals surface area contributed by atoms with E-state index in [4.69, 9.17) is 4.98 Å². The lowest BCUT2D eigenvalue weighted by molar-refractivity contribution is 0.779. The Labute approximate surface area is 132 Å². The fourth-order valence-corrected chi connectivity index (χ4v) is 2.78. The second-order valence-electron chi connectivity index (χ2n) is 6.33. The highest BCUT2D eigenvalue weighted by Gasteiger charge is 2.15. The highest BCUT2D eigenvalue weighted by atomic mass is 15.1. The van der Waals surface area contributed by atoms with E-state index in [1.165, 1.54) is 5.56 Å². The number of aryl methyl sites for hydroxylation is 1. The van der Waals surface area contributed by atoms with Gasteiger partial charge in [-0.05, 0) is 37.4 Å². The Hall–Kier alpha value is -1.94. The largest absolute Gasteiger partial charge is 0.350 e. The summed E-state index contributed by atoms with van der Waals surface area (Å²) >= 11 is 0. The molecule has 1 aliphatic rings. The van der Waals surface area contributed by atoms with Crippen LogP contribution < -0.4 is 10.6 Å². The lowest BCUT2D eigenvalue weighted by atomic mass is 10.0. The second kappa shape index (κ2) is 6.44. The van der Waals surface area contributed by atoms with Crippen molar-refractivity contribution in [1.82, 2.24) is 15.3 Å². The van der Waals surface area contributed by atoms with Gasteiger partial charge in [-0.3, -0.25) is 0 Å². The van der Waals surface area contributed by atoms with Crippen LogP contribution in [0.15, 0.2) is 30.3 Å². The van der Waals surface area contributed by atoms with Crippen LogP contribution in [0.4, 0.5) is 5.95 Å². The van der Waals surface area contributed by atoms with Gasteiger partial charge in [-0.15, -0.1) is 0 Å². The van der Waals surface area contributed by atoms with E-state index in [9.17, 15) is 0 Å². The number of nitrogens with zero attached hydrogens (tertiary/aromatic N) is 2. The van der Waals surface area contributed by atoms with E-state index in [1.807, 2.05) is 13.0 Å². The van der Waals surface area contributed by atoms with Crippen LogP contribution >= 0.6 is 0 Å². The number of nitrogens with one attached hydrogen (secondary N) is 2. The number of anilines is 1. The van der Waals surface area contributed by atoms with Crippen molar-refractivity contribution in [1.29, 1.82) is 0 Å². The molecule has 4 heteroatoms. The highest BCUT2D eigenvalue weighted by molar-refractivity contribution is 5.61. The van der Waals surface area contributed by atoms with Crippen LogP contribution in [-0.4, -0.2) is 29.1 Å². The third-order valence-corrected chi connectivity index (χ3v) is 4.12. The van der Waals surface area contributed by atoms with Gasteiger partial charge in [0.25, 0.3) is 0 Å². The van der Waals surface area contributed by atoms with E-state index in [-0.39, 0.29) is 0 Å². The Balaban J connectivity index is 1.84. The molecule has 1 unspecified atom stereocenters. The summed E-state index contributed by atoms with van der Waals surface area (Å²) in [5.74, 6) is 1.28. The van der Waals surface area contributed by atoms with Crippen LogP contribution in [0.1, 0.15) is 37.4 Å². The average molecular weight is 296 g/mol. The number of aromatic nitrogens is 2. The van der Waals surface area contributed by atoms with Crippen molar-refractivity contribution in [3.05, 3.63) is 41.6 Å². The van der Waals surface area contributed by atoms with Crippen LogP contribution in [0.3, 0.4) is 0 Å². The van der Waals surface area contributed by atoms with Gasteiger partial charge in [0.05, 0.1) is 5.69 Å². The third kappa shape index (κ3) is 3.45. The van der Waals surface area contributed by atoms with Gasteiger partial charge in [0.1, 0.15) is 0 Å². The first-order chi connectivity index (χ1) is 10.6. The van der Waals surface area contributed by atoms with Crippen molar-refractivity contribution in [2.75, 3.05) is 18.4 Å². The summed E-state index contributed by atoms with van der Waals surface area (Å²) < 4.78 is 0. The number of benzene rings is 1. The molecule has 0 radical (unpaired) electrons. The van der Waals surface area contributed by atoms with E-state index in [0.29, 0.717) is 12.0 Å². The minimum atomic E-state index is 0.429. The van der Waals surface area contributed by atoms with Gasteiger partial charge in [0.15, 0.2) is 0 Å². The first kappa shape index (κ1) is 15.0. The average Bonchev–Trinajstić information content (AvgIpc) is 2.99. The van der Waals surface area contributed by atoms with E-state index in [1.54, 1.807) is 0 Å². The summed E-state index contributed by atoms with van der Waals surface area (Å²) in [7, 11) is 0. The zero-order valence-corrected chi connectivity index (χ0v) is 13.6. The maximum absolute atomic E-state index is 4.69.